The number of unbranched alkanes of at least 4 members (excludes halogenated alkanes) is 38. The van der Waals surface area contributed by atoms with Gasteiger partial charge in [0.2, 0.25) is 5.91 Å². The Labute approximate surface area is 362 Å². The van der Waals surface area contributed by atoms with Crippen LogP contribution in [0.1, 0.15) is 296 Å². The third-order valence-electron chi connectivity index (χ3n) is 12.4. The van der Waals surface area contributed by atoms with E-state index in [0.29, 0.717) is 25.9 Å². The fraction of sp³-hybridized carbons (Fsp3) is 0.962. The predicted molar refractivity (Wildman–Crippen MR) is 250 cm³/mol. The molecule has 0 aromatic heterocycles. The monoisotopic (exact) mass is 822 g/mol. The van der Waals surface area contributed by atoms with Crippen LogP contribution in [0.15, 0.2) is 0 Å². The van der Waals surface area contributed by atoms with Crippen LogP contribution in [0.5, 0.6) is 0 Å². The summed E-state index contributed by atoms with van der Waals surface area (Å²) in [7, 11) is 0. The van der Waals surface area contributed by atoms with E-state index in [4.69, 9.17) is 4.74 Å². The highest BCUT2D eigenvalue weighted by molar-refractivity contribution is 5.76. The average molecular weight is 822 g/mol. The van der Waals surface area contributed by atoms with Crippen LogP contribution < -0.4 is 5.32 Å². The molecule has 2 atom stereocenters. The second-order valence-electron chi connectivity index (χ2n) is 18.2. The molecule has 0 spiro atoms. The fourth-order valence-corrected chi connectivity index (χ4v) is 8.35. The number of aliphatic hydroxyl groups is 2. The molecule has 0 aliphatic rings. The molecule has 6 nitrogen and oxygen atoms in total. The molecule has 2 unspecified atom stereocenters. The number of carbonyl (C=O) groups is 2. The van der Waals surface area contributed by atoms with Crippen LogP contribution >= 0.6 is 0 Å². The van der Waals surface area contributed by atoms with Gasteiger partial charge in [-0.3, -0.25) is 9.59 Å². The van der Waals surface area contributed by atoms with Crippen LogP contribution in [-0.4, -0.2) is 47.4 Å². The minimum Gasteiger partial charge on any atom is -0.466 e. The molecular formula is C52H103NO5. The summed E-state index contributed by atoms with van der Waals surface area (Å²) in [5.74, 6) is -0.0616. The average Bonchev–Trinajstić information content (AvgIpc) is 3.22. The summed E-state index contributed by atoms with van der Waals surface area (Å²) in [6.07, 6.45) is 53.5. The van der Waals surface area contributed by atoms with E-state index in [0.717, 1.165) is 57.8 Å². The first kappa shape index (κ1) is 56.9. The molecule has 0 radical (unpaired) electrons. The van der Waals surface area contributed by atoms with Gasteiger partial charge < -0.3 is 20.3 Å². The molecule has 0 aromatic rings. The predicted octanol–water partition coefficient (Wildman–Crippen LogP) is 15.6. The number of hydrogen-bond acceptors (Lipinski definition) is 5. The quantitative estimate of drug-likeness (QED) is 0.0420. The summed E-state index contributed by atoms with van der Waals surface area (Å²) < 4.78 is 5.46. The lowest BCUT2D eigenvalue weighted by Gasteiger charge is -2.22. The highest BCUT2D eigenvalue weighted by Gasteiger charge is 2.20. The molecule has 0 rings (SSSR count). The first-order chi connectivity index (χ1) is 28.5. The number of aliphatic hydroxyl groups excluding tert-OH is 2. The van der Waals surface area contributed by atoms with E-state index in [-0.39, 0.29) is 18.5 Å². The van der Waals surface area contributed by atoms with Crippen molar-refractivity contribution in [2.45, 2.75) is 309 Å². The summed E-state index contributed by atoms with van der Waals surface area (Å²) in [6.45, 7) is 4.93. The lowest BCUT2D eigenvalue weighted by molar-refractivity contribution is -0.143. The standard InChI is InChI=1S/C52H103NO5/c1-3-5-7-9-11-13-15-17-19-20-21-24-28-32-36-40-44-50(55)49(48-54)53-51(56)45-41-37-33-29-25-23-27-31-35-39-43-47-58-52(57)46-42-38-34-30-26-22-18-16-14-12-10-8-6-4-2/h49-50,54-55H,3-48H2,1-2H3,(H,53,56). The van der Waals surface area contributed by atoms with Crippen molar-refractivity contribution >= 4 is 11.9 Å². The highest BCUT2D eigenvalue weighted by atomic mass is 16.5. The Morgan fingerprint density at radius 1 is 0.414 bits per heavy atom. The van der Waals surface area contributed by atoms with Crippen molar-refractivity contribution in [1.29, 1.82) is 0 Å². The summed E-state index contributed by atoms with van der Waals surface area (Å²) in [4.78, 5) is 24.5. The first-order valence-corrected chi connectivity index (χ1v) is 26.3. The molecule has 3 N–H and O–H groups in total. The van der Waals surface area contributed by atoms with E-state index in [1.165, 1.54) is 205 Å². The van der Waals surface area contributed by atoms with Crippen LogP contribution in [0.4, 0.5) is 0 Å². The van der Waals surface area contributed by atoms with Gasteiger partial charge in [-0.05, 0) is 25.7 Å². The minimum absolute atomic E-state index is 0.0105. The van der Waals surface area contributed by atoms with E-state index in [9.17, 15) is 19.8 Å². The molecular weight excluding hydrogens is 719 g/mol. The van der Waals surface area contributed by atoms with Gasteiger partial charge in [-0.25, -0.2) is 0 Å². The van der Waals surface area contributed by atoms with Gasteiger partial charge in [-0.15, -0.1) is 0 Å². The van der Waals surface area contributed by atoms with E-state index < -0.39 is 12.1 Å². The van der Waals surface area contributed by atoms with Crippen molar-refractivity contribution in [1.82, 2.24) is 5.32 Å². The van der Waals surface area contributed by atoms with Gasteiger partial charge in [-0.2, -0.15) is 0 Å². The van der Waals surface area contributed by atoms with Crippen LogP contribution in [-0.2, 0) is 14.3 Å². The van der Waals surface area contributed by atoms with Crippen LogP contribution in [0.3, 0.4) is 0 Å². The minimum atomic E-state index is -0.674. The topological polar surface area (TPSA) is 95.9 Å². The maximum Gasteiger partial charge on any atom is 0.305 e. The Morgan fingerprint density at radius 3 is 1.05 bits per heavy atom. The van der Waals surface area contributed by atoms with E-state index >= 15 is 0 Å². The van der Waals surface area contributed by atoms with Gasteiger partial charge in [0.25, 0.3) is 0 Å². The molecule has 0 saturated heterocycles. The number of rotatable bonds is 49. The maximum atomic E-state index is 12.5. The maximum absolute atomic E-state index is 12.5. The third-order valence-corrected chi connectivity index (χ3v) is 12.4. The summed E-state index contributed by atoms with van der Waals surface area (Å²) in [5.41, 5.74) is 0. The Bertz CT molecular complexity index is 822. The van der Waals surface area contributed by atoms with Crippen molar-refractivity contribution in [2.75, 3.05) is 13.2 Å². The van der Waals surface area contributed by atoms with Crippen molar-refractivity contribution < 1.29 is 24.5 Å². The normalized spacial score (nSPS) is 12.6. The third kappa shape index (κ3) is 44.4. The summed E-state index contributed by atoms with van der Waals surface area (Å²) in [6, 6.07) is -0.553. The lowest BCUT2D eigenvalue weighted by Crippen LogP contribution is -2.45. The molecule has 58 heavy (non-hydrogen) atoms. The SMILES string of the molecule is CCCCCCCCCCCCCCCCCCC(O)C(CO)NC(=O)CCCCCCCCCCCCCOC(=O)CCCCCCCCCCCCCCCC. The van der Waals surface area contributed by atoms with Gasteiger partial charge in [0.05, 0.1) is 25.4 Å². The van der Waals surface area contributed by atoms with Gasteiger partial charge in [0, 0.05) is 12.8 Å². The molecule has 1 amide bonds. The molecule has 0 bridgehead atoms. The van der Waals surface area contributed by atoms with Crippen molar-refractivity contribution in [3.8, 4) is 0 Å². The Morgan fingerprint density at radius 2 is 0.707 bits per heavy atom. The van der Waals surface area contributed by atoms with Gasteiger partial charge in [0.15, 0.2) is 0 Å². The van der Waals surface area contributed by atoms with Crippen LogP contribution in [0.2, 0.25) is 0 Å². The molecule has 0 aromatic carbocycles. The summed E-state index contributed by atoms with van der Waals surface area (Å²) in [5, 5.41) is 23.2. The highest BCUT2D eigenvalue weighted by Crippen LogP contribution is 2.17. The second kappa shape index (κ2) is 48.5. The Kier molecular flexibility index (Phi) is 47.6. The molecule has 346 valence electrons. The zero-order valence-electron chi connectivity index (χ0n) is 39.3. The summed E-state index contributed by atoms with van der Waals surface area (Å²) >= 11 is 0. The van der Waals surface area contributed by atoms with Gasteiger partial charge >= 0.3 is 5.97 Å². The number of hydrogen-bond donors (Lipinski definition) is 3. The second-order valence-corrected chi connectivity index (χ2v) is 18.2. The van der Waals surface area contributed by atoms with Gasteiger partial charge in [0.1, 0.15) is 0 Å². The molecule has 0 fully saturated rings. The number of ether oxygens (including phenoxy) is 1. The Hall–Kier alpha value is -1.14. The number of carbonyl (C=O) groups excluding carboxylic acids is 2. The Balaban J connectivity index is 3.45. The van der Waals surface area contributed by atoms with Crippen LogP contribution in [0, 0.1) is 0 Å². The van der Waals surface area contributed by atoms with Crippen molar-refractivity contribution in [3.63, 3.8) is 0 Å². The van der Waals surface area contributed by atoms with Gasteiger partial charge in [-0.1, -0.05) is 258 Å². The smallest absolute Gasteiger partial charge is 0.305 e. The first-order valence-electron chi connectivity index (χ1n) is 26.3. The lowest BCUT2D eigenvalue weighted by atomic mass is 10.0. The van der Waals surface area contributed by atoms with E-state index in [1.54, 1.807) is 0 Å². The molecule has 0 aliphatic heterocycles. The van der Waals surface area contributed by atoms with E-state index in [2.05, 4.69) is 19.2 Å². The number of nitrogens with one attached hydrogen (secondary N) is 1. The molecule has 6 heteroatoms. The molecule has 0 saturated carbocycles. The largest absolute Gasteiger partial charge is 0.466 e. The van der Waals surface area contributed by atoms with Crippen molar-refractivity contribution in [2.24, 2.45) is 0 Å². The zero-order valence-corrected chi connectivity index (χ0v) is 39.3. The van der Waals surface area contributed by atoms with Crippen LogP contribution in [0.25, 0.3) is 0 Å². The van der Waals surface area contributed by atoms with E-state index in [1.807, 2.05) is 0 Å². The molecule has 0 aliphatic carbocycles. The zero-order chi connectivity index (χ0) is 42.3. The fourth-order valence-electron chi connectivity index (χ4n) is 8.35. The van der Waals surface area contributed by atoms with Crippen molar-refractivity contribution in [3.05, 3.63) is 0 Å². The molecule has 0 heterocycles. The number of amides is 1. The number of esters is 1.